The molecule has 9 heteroatoms. The SMILES string of the molecule is COc1ccc(N2C(=O)[C@H]3N=NN(Cc4ccccc4Cl)[C@H]3C2=O)cc1OC. The van der Waals surface area contributed by atoms with Crippen molar-refractivity contribution >= 4 is 29.1 Å². The predicted octanol–water partition coefficient (Wildman–Crippen LogP) is 2.85. The summed E-state index contributed by atoms with van der Waals surface area (Å²) in [5, 5.41) is 10.1. The Kier molecular flexibility index (Phi) is 4.64. The van der Waals surface area contributed by atoms with Gasteiger partial charge in [-0.2, -0.15) is 5.11 Å². The Morgan fingerprint density at radius 2 is 1.79 bits per heavy atom. The summed E-state index contributed by atoms with van der Waals surface area (Å²) in [6.07, 6.45) is 0. The third-order valence-electron chi connectivity index (χ3n) is 4.77. The summed E-state index contributed by atoms with van der Waals surface area (Å²) in [5.74, 6) is 0.115. The van der Waals surface area contributed by atoms with Crippen LogP contribution in [0.1, 0.15) is 5.56 Å². The van der Waals surface area contributed by atoms with E-state index in [9.17, 15) is 9.59 Å². The monoisotopic (exact) mass is 400 g/mol. The summed E-state index contributed by atoms with van der Waals surface area (Å²) in [6, 6.07) is 10.5. The highest BCUT2D eigenvalue weighted by Crippen LogP contribution is 2.37. The molecule has 144 valence electrons. The zero-order valence-electron chi connectivity index (χ0n) is 15.2. The van der Waals surface area contributed by atoms with Gasteiger partial charge in [-0.3, -0.25) is 14.6 Å². The van der Waals surface area contributed by atoms with Gasteiger partial charge in [-0.25, -0.2) is 4.90 Å². The fraction of sp³-hybridized carbons (Fsp3) is 0.263. The first-order valence-electron chi connectivity index (χ1n) is 8.56. The summed E-state index contributed by atoms with van der Waals surface area (Å²) in [6.45, 7) is 0.281. The Balaban J connectivity index is 1.62. The Bertz CT molecular complexity index is 980. The minimum absolute atomic E-state index is 0.281. The molecule has 0 aliphatic carbocycles. The molecule has 0 spiro atoms. The third kappa shape index (κ3) is 2.86. The molecule has 0 radical (unpaired) electrons. The van der Waals surface area contributed by atoms with E-state index in [1.807, 2.05) is 18.2 Å². The smallest absolute Gasteiger partial charge is 0.263 e. The van der Waals surface area contributed by atoms with Gasteiger partial charge >= 0.3 is 0 Å². The highest BCUT2D eigenvalue weighted by Gasteiger charge is 2.54. The zero-order chi connectivity index (χ0) is 19.8. The number of nitrogens with zero attached hydrogens (tertiary/aromatic N) is 4. The second-order valence-corrected chi connectivity index (χ2v) is 6.74. The molecule has 2 aliphatic rings. The van der Waals surface area contributed by atoms with Crippen LogP contribution in [0.4, 0.5) is 5.69 Å². The minimum atomic E-state index is -0.872. The van der Waals surface area contributed by atoms with Crippen molar-refractivity contribution in [3.8, 4) is 11.5 Å². The van der Waals surface area contributed by atoms with Gasteiger partial charge in [-0.05, 0) is 23.8 Å². The van der Waals surface area contributed by atoms with Crippen molar-refractivity contribution in [2.75, 3.05) is 19.1 Å². The number of hydrogen-bond acceptors (Lipinski definition) is 7. The maximum atomic E-state index is 13.1. The molecule has 0 N–H and O–H groups in total. The molecule has 0 saturated carbocycles. The molecular weight excluding hydrogens is 384 g/mol. The number of methoxy groups -OCH3 is 2. The van der Waals surface area contributed by atoms with Gasteiger partial charge < -0.3 is 9.47 Å². The van der Waals surface area contributed by atoms with Crippen LogP contribution in [0.3, 0.4) is 0 Å². The van der Waals surface area contributed by atoms with E-state index in [-0.39, 0.29) is 12.5 Å². The molecule has 2 aromatic rings. The van der Waals surface area contributed by atoms with Gasteiger partial charge in [0, 0.05) is 11.1 Å². The van der Waals surface area contributed by atoms with Crippen molar-refractivity contribution < 1.29 is 19.1 Å². The molecule has 28 heavy (non-hydrogen) atoms. The fourth-order valence-corrected chi connectivity index (χ4v) is 3.57. The molecule has 4 rings (SSSR count). The zero-order valence-corrected chi connectivity index (χ0v) is 16.0. The Morgan fingerprint density at radius 3 is 2.50 bits per heavy atom. The number of fused-ring (bicyclic) bond motifs is 1. The molecule has 8 nitrogen and oxygen atoms in total. The van der Waals surface area contributed by atoms with Crippen LogP contribution in [-0.2, 0) is 16.1 Å². The molecule has 2 heterocycles. The van der Waals surface area contributed by atoms with Gasteiger partial charge in [-0.15, -0.1) is 0 Å². The lowest BCUT2D eigenvalue weighted by atomic mass is 10.1. The number of amides is 2. The summed E-state index contributed by atoms with van der Waals surface area (Å²) in [7, 11) is 3.00. The lowest BCUT2D eigenvalue weighted by molar-refractivity contribution is -0.123. The quantitative estimate of drug-likeness (QED) is 0.720. The molecule has 1 fully saturated rings. The number of anilines is 1. The summed E-state index contributed by atoms with van der Waals surface area (Å²) in [5.41, 5.74) is 1.20. The van der Waals surface area contributed by atoms with E-state index in [1.165, 1.54) is 19.2 Å². The van der Waals surface area contributed by atoms with Crippen LogP contribution >= 0.6 is 11.6 Å². The second-order valence-electron chi connectivity index (χ2n) is 6.33. The van der Waals surface area contributed by atoms with Crippen molar-refractivity contribution in [2.24, 2.45) is 10.3 Å². The second kappa shape index (κ2) is 7.12. The predicted molar refractivity (Wildman–Crippen MR) is 101 cm³/mol. The Labute approximate surface area is 166 Å². The molecule has 2 aromatic carbocycles. The molecule has 2 amide bonds. The topological polar surface area (TPSA) is 83.8 Å². The number of carbonyl (C=O) groups is 2. The van der Waals surface area contributed by atoms with E-state index in [2.05, 4.69) is 10.3 Å². The van der Waals surface area contributed by atoms with Crippen molar-refractivity contribution in [3.05, 3.63) is 53.1 Å². The van der Waals surface area contributed by atoms with Gasteiger partial charge in [0.15, 0.2) is 23.6 Å². The fourth-order valence-electron chi connectivity index (χ4n) is 3.37. The van der Waals surface area contributed by atoms with Gasteiger partial charge in [0.05, 0.1) is 26.5 Å². The van der Waals surface area contributed by atoms with Crippen molar-refractivity contribution in [1.29, 1.82) is 0 Å². The largest absolute Gasteiger partial charge is 0.493 e. The first-order valence-corrected chi connectivity index (χ1v) is 8.93. The van der Waals surface area contributed by atoms with E-state index in [0.717, 1.165) is 10.5 Å². The van der Waals surface area contributed by atoms with E-state index in [0.29, 0.717) is 22.2 Å². The van der Waals surface area contributed by atoms with Gasteiger partial charge in [0.1, 0.15) is 0 Å². The van der Waals surface area contributed by atoms with Crippen molar-refractivity contribution in [3.63, 3.8) is 0 Å². The normalized spacial score (nSPS) is 20.7. The van der Waals surface area contributed by atoms with Gasteiger partial charge in [0.2, 0.25) is 0 Å². The maximum Gasteiger partial charge on any atom is 0.263 e. The van der Waals surface area contributed by atoms with Crippen LogP contribution in [0.5, 0.6) is 11.5 Å². The number of halogens is 1. The number of rotatable bonds is 5. The van der Waals surface area contributed by atoms with Crippen LogP contribution < -0.4 is 14.4 Å². The van der Waals surface area contributed by atoms with Crippen LogP contribution in [-0.4, -0.2) is 43.1 Å². The minimum Gasteiger partial charge on any atom is -0.493 e. The molecule has 0 unspecified atom stereocenters. The molecular formula is C19H17ClN4O4. The highest BCUT2D eigenvalue weighted by atomic mass is 35.5. The first kappa shape index (κ1) is 18.2. The van der Waals surface area contributed by atoms with E-state index >= 15 is 0 Å². The average molecular weight is 401 g/mol. The molecule has 2 atom stereocenters. The van der Waals surface area contributed by atoms with E-state index in [1.54, 1.807) is 24.3 Å². The molecule has 1 saturated heterocycles. The molecule has 0 bridgehead atoms. The number of imide groups is 1. The highest BCUT2D eigenvalue weighted by molar-refractivity contribution is 6.31. The van der Waals surface area contributed by atoms with Gasteiger partial charge in [0.25, 0.3) is 11.8 Å². The van der Waals surface area contributed by atoms with Crippen LogP contribution in [0.2, 0.25) is 5.02 Å². The van der Waals surface area contributed by atoms with E-state index in [4.69, 9.17) is 21.1 Å². The van der Waals surface area contributed by atoms with Crippen LogP contribution in [0.25, 0.3) is 0 Å². The third-order valence-corrected chi connectivity index (χ3v) is 5.14. The summed E-state index contributed by atoms with van der Waals surface area (Å²) < 4.78 is 10.5. The standard InChI is InChI=1S/C19H17ClN4O4/c1-27-14-8-7-12(9-15(14)28-2)24-18(25)16-17(19(24)26)23(22-21-16)10-11-5-3-4-6-13(11)20/h3-9,16-17H,10H2,1-2H3/t16-,17+/m0/s1. The molecule has 0 aromatic heterocycles. The Morgan fingerprint density at radius 1 is 1.04 bits per heavy atom. The summed E-state index contributed by atoms with van der Waals surface area (Å²) >= 11 is 6.21. The van der Waals surface area contributed by atoms with Gasteiger partial charge in [-0.1, -0.05) is 35.0 Å². The lowest BCUT2D eigenvalue weighted by Crippen LogP contribution is -2.39. The summed E-state index contributed by atoms with van der Waals surface area (Å²) in [4.78, 5) is 27.0. The number of ether oxygens (including phenoxy) is 2. The molecule has 2 aliphatic heterocycles. The number of benzene rings is 2. The van der Waals surface area contributed by atoms with Crippen LogP contribution in [0, 0.1) is 0 Å². The van der Waals surface area contributed by atoms with Crippen molar-refractivity contribution in [2.45, 2.75) is 18.6 Å². The van der Waals surface area contributed by atoms with Crippen molar-refractivity contribution in [1.82, 2.24) is 5.01 Å². The van der Waals surface area contributed by atoms with E-state index < -0.39 is 18.0 Å². The maximum absolute atomic E-state index is 13.1. The number of carbonyl (C=O) groups excluding carboxylic acids is 2. The number of hydrogen-bond donors (Lipinski definition) is 0. The Hall–Kier alpha value is -3.13. The lowest BCUT2D eigenvalue weighted by Gasteiger charge is -2.21. The average Bonchev–Trinajstić information content (AvgIpc) is 3.23. The first-order chi connectivity index (χ1) is 13.5. The van der Waals surface area contributed by atoms with Crippen LogP contribution in [0.15, 0.2) is 52.8 Å².